The number of nitrogens with zero attached hydrogens (tertiary/aromatic N) is 2. The predicted molar refractivity (Wildman–Crippen MR) is 109 cm³/mol. The minimum absolute atomic E-state index is 0.125. The van der Waals surface area contributed by atoms with Crippen LogP contribution in [0, 0.1) is 11.6 Å². The summed E-state index contributed by atoms with van der Waals surface area (Å²) in [6, 6.07) is 18.1. The minimum Gasteiger partial charge on any atom is -0.489 e. The van der Waals surface area contributed by atoms with Crippen LogP contribution in [-0.2, 0) is 13.2 Å². The van der Waals surface area contributed by atoms with Crippen molar-refractivity contribution in [2.24, 2.45) is 0 Å². The van der Waals surface area contributed by atoms with Gasteiger partial charge >= 0.3 is 0 Å². The highest BCUT2D eigenvalue weighted by atomic mass is 19.1. The van der Waals surface area contributed by atoms with Crippen LogP contribution in [0.5, 0.6) is 11.5 Å². The van der Waals surface area contributed by atoms with Crippen LogP contribution in [0.1, 0.15) is 11.1 Å². The summed E-state index contributed by atoms with van der Waals surface area (Å²) in [5, 5.41) is 0. The molecule has 0 unspecified atom stereocenters. The van der Waals surface area contributed by atoms with Gasteiger partial charge in [-0.3, -0.25) is 9.97 Å². The second-order valence-electron chi connectivity index (χ2n) is 6.61. The Morgan fingerprint density at radius 3 is 2.33 bits per heavy atom. The lowest BCUT2D eigenvalue weighted by Crippen LogP contribution is -1.99. The van der Waals surface area contributed by atoms with Crippen molar-refractivity contribution in [3.8, 4) is 22.6 Å². The van der Waals surface area contributed by atoms with E-state index in [4.69, 9.17) is 9.47 Å². The highest BCUT2D eigenvalue weighted by Crippen LogP contribution is 2.26. The molecule has 2 aromatic heterocycles. The van der Waals surface area contributed by atoms with Gasteiger partial charge in [-0.2, -0.15) is 0 Å². The first-order valence-electron chi connectivity index (χ1n) is 9.31. The second kappa shape index (κ2) is 9.13. The van der Waals surface area contributed by atoms with Gasteiger partial charge in [0.2, 0.25) is 0 Å². The summed E-state index contributed by atoms with van der Waals surface area (Å²) in [6.45, 7) is 0.360. The molecule has 0 amide bonds. The van der Waals surface area contributed by atoms with Crippen LogP contribution >= 0.6 is 0 Å². The largest absolute Gasteiger partial charge is 0.489 e. The summed E-state index contributed by atoms with van der Waals surface area (Å²) < 4.78 is 38.3. The van der Waals surface area contributed by atoms with E-state index in [1.165, 1.54) is 18.5 Å². The number of hydrogen-bond donors (Lipinski definition) is 0. The molecule has 150 valence electrons. The van der Waals surface area contributed by atoms with Gasteiger partial charge in [0.15, 0.2) is 0 Å². The lowest BCUT2D eigenvalue weighted by atomic mass is 10.1. The number of ether oxygens (including phenoxy) is 2. The Morgan fingerprint density at radius 2 is 1.53 bits per heavy atom. The number of hydrogen-bond acceptors (Lipinski definition) is 4. The third-order valence-electron chi connectivity index (χ3n) is 4.44. The Morgan fingerprint density at radius 1 is 0.700 bits per heavy atom. The first-order valence-corrected chi connectivity index (χ1v) is 9.31. The van der Waals surface area contributed by atoms with Crippen LogP contribution in [0.3, 0.4) is 0 Å². The second-order valence-corrected chi connectivity index (χ2v) is 6.61. The fourth-order valence-corrected chi connectivity index (χ4v) is 2.89. The number of pyridine rings is 2. The highest BCUT2D eigenvalue weighted by molar-refractivity contribution is 5.65. The summed E-state index contributed by atoms with van der Waals surface area (Å²) in [6.07, 6.45) is 5.43. The molecule has 0 N–H and O–H groups in total. The third-order valence-corrected chi connectivity index (χ3v) is 4.44. The van der Waals surface area contributed by atoms with Gasteiger partial charge in [-0.25, -0.2) is 8.78 Å². The first-order chi connectivity index (χ1) is 14.7. The van der Waals surface area contributed by atoms with Crippen molar-refractivity contribution in [2.45, 2.75) is 13.2 Å². The fourth-order valence-electron chi connectivity index (χ4n) is 2.89. The highest BCUT2D eigenvalue weighted by Gasteiger charge is 2.05. The van der Waals surface area contributed by atoms with E-state index in [1.807, 2.05) is 48.5 Å². The first kappa shape index (κ1) is 19.5. The Hall–Kier alpha value is -3.80. The van der Waals surface area contributed by atoms with Crippen LogP contribution in [0.4, 0.5) is 8.78 Å². The Bertz CT molecular complexity index is 1130. The summed E-state index contributed by atoms with van der Waals surface area (Å²) >= 11 is 0. The molecule has 2 heterocycles. The molecular weight excluding hydrogens is 386 g/mol. The topological polar surface area (TPSA) is 44.2 Å². The van der Waals surface area contributed by atoms with E-state index in [-0.39, 0.29) is 19.0 Å². The zero-order valence-corrected chi connectivity index (χ0v) is 16.0. The summed E-state index contributed by atoms with van der Waals surface area (Å²) in [4.78, 5) is 7.54. The lowest BCUT2D eigenvalue weighted by Gasteiger charge is -2.10. The molecule has 0 aliphatic rings. The van der Waals surface area contributed by atoms with Gasteiger partial charge < -0.3 is 9.47 Å². The molecule has 0 radical (unpaired) electrons. The predicted octanol–water partition coefficient (Wildman–Crippen LogP) is 5.58. The molecule has 30 heavy (non-hydrogen) atoms. The number of benzene rings is 2. The van der Waals surface area contributed by atoms with Crippen molar-refractivity contribution in [3.63, 3.8) is 0 Å². The van der Waals surface area contributed by atoms with E-state index < -0.39 is 5.82 Å². The Labute approximate surface area is 172 Å². The summed E-state index contributed by atoms with van der Waals surface area (Å²) in [5.74, 6) is 0.532. The molecule has 0 spiro atoms. The van der Waals surface area contributed by atoms with Gasteiger partial charge in [-0.05, 0) is 47.5 Å². The molecule has 4 rings (SSSR count). The van der Waals surface area contributed by atoms with E-state index >= 15 is 0 Å². The van der Waals surface area contributed by atoms with Gasteiger partial charge in [-0.15, -0.1) is 0 Å². The zero-order valence-electron chi connectivity index (χ0n) is 16.0. The number of halogens is 2. The molecule has 4 nitrogen and oxygen atoms in total. The fraction of sp³-hybridized carbons (Fsp3) is 0.0833. The molecule has 4 aromatic rings. The van der Waals surface area contributed by atoms with Crippen molar-refractivity contribution >= 4 is 0 Å². The van der Waals surface area contributed by atoms with E-state index in [0.717, 1.165) is 17.3 Å². The average molecular weight is 404 g/mol. The van der Waals surface area contributed by atoms with Gasteiger partial charge in [-0.1, -0.05) is 24.3 Å². The minimum atomic E-state index is -0.390. The van der Waals surface area contributed by atoms with Crippen molar-refractivity contribution in [2.75, 3.05) is 0 Å². The molecule has 0 atom stereocenters. The number of rotatable bonds is 7. The Kier molecular flexibility index (Phi) is 5.94. The standard InChI is InChI=1S/C24H18F2N2O2/c25-21-10-17(12-28-13-21)15-29-22-6-4-18(5-7-22)19-2-1-3-23(11-19)30-16-20-8-9-27-14-24(20)26/h1-14H,15-16H2. The monoisotopic (exact) mass is 404 g/mol. The maximum Gasteiger partial charge on any atom is 0.148 e. The molecule has 0 saturated heterocycles. The third kappa shape index (κ3) is 4.97. The van der Waals surface area contributed by atoms with Crippen LogP contribution in [0.25, 0.3) is 11.1 Å². The van der Waals surface area contributed by atoms with E-state index in [2.05, 4.69) is 9.97 Å². The van der Waals surface area contributed by atoms with E-state index in [0.29, 0.717) is 22.6 Å². The average Bonchev–Trinajstić information content (AvgIpc) is 2.78. The molecular formula is C24H18F2N2O2. The molecule has 6 heteroatoms. The molecule has 0 aliphatic carbocycles. The molecule has 2 aromatic carbocycles. The van der Waals surface area contributed by atoms with Crippen LogP contribution < -0.4 is 9.47 Å². The van der Waals surface area contributed by atoms with Gasteiger partial charge in [0, 0.05) is 23.5 Å². The number of aromatic nitrogens is 2. The molecule has 0 aliphatic heterocycles. The SMILES string of the molecule is Fc1cncc(COc2ccc(-c3cccc(OCc4ccncc4F)c3)cc2)c1. The van der Waals surface area contributed by atoms with Crippen molar-refractivity contribution in [3.05, 3.63) is 108 Å². The van der Waals surface area contributed by atoms with Crippen LogP contribution in [0.15, 0.2) is 85.5 Å². The quantitative estimate of drug-likeness (QED) is 0.403. The van der Waals surface area contributed by atoms with Gasteiger partial charge in [0.05, 0.1) is 12.4 Å². The zero-order chi connectivity index (χ0) is 20.8. The lowest BCUT2D eigenvalue weighted by molar-refractivity contribution is 0.299. The smallest absolute Gasteiger partial charge is 0.148 e. The van der Waals surface area contributed by atoms with Crippen LogP contribution in [0.2, 0.25) is 0 Å². The van der Waals surface area contributed by atoms with Crippen molar-refractivity contribution in [1.82, 2.24) is 9.97 Å². The van der Waals surface area contributed by atoms with Gasteiger partial charge in [0.25, 0.3) is 0 Å². The summed E-state index contributed by atoms with van der Waals surface area (Å²) in [7, 11) is 0. The Balaban J connectivity index is 1.40. The van der Waals surface area contributed by atoms with E-state index in [1.54, 1.807) is 12.3 Å². The summed E-state index contributed by atoms with van der Waals surface area (Å²) in [5.41, 5.74) is 3.05. The molecule has 0 fully saturated rings. The molecule has 0 saturated carbocycles. The maximum absolute atomic E-state index is 13.7. The van der Waals surface area contributed by atoms with Crippen molar-refractivity contribution in [1.29, 1.82) is 0 Å². The van der Waals surface area contributed by atoms with Crippen LogP contribution in [-0.4, -0.2) is 9.97 Å². The van der Waals surface area contributed by atoms with Gasteiger partial charge in [0.1, 0.15) is 36.3 Å². The van der Waals surface area contributed by atoms with E-state index in [9.17, 15) is 8.78 Å². The maximum atomic E-state index is 13.7. The molecule has 0 bridgehead atoms. The normalized spacial score (nSPS) is 10.6. The van der Waals surface area contributed by atoms with Crippen molar-refractivity contribution < 1.29 is 18.3 Å².